The van der Waals surface area contributed by atoms with Crippen LogP contribution in [0.1, 0.15) is 13.8 Å². The Morgan fingerprint density at radius 1 is 1.10 bits per heavy atom. The van der Waals surface area contributed by atoms with E-state index in [1.165, 1.54) is 0 Å². The molecule has 0 amide bonds. The van der Waals surface area contributed by atoms with E-state index in [2.05, 4.69) is 4.72 Å². The fraction of sp³-hybridized carbons (Fsp3) is 0.333. The third-order valence-electron chi connectivity index (χ3n) is 3.51. The standard InChI is InChI=1S/C15H19NO3S/c1-11(10-17)12(2)16-20(18,19)15-8-7-13-5-3-4-6-14(13)9-15/h3-9,11-12,16-17H,10H2,1-2H3. The predicted octanol–water partition coefficient (Wildman–Crippen LogP) is 2.13. The molecule has 20 heavy (non-hydrogen) atoms. The van der Waals surface area contributed by atoms with E-state index in [9.17, 15) is 8.42 Å². The van der Waals surface area contributed by atoms with E-state index in [4.69, 9.17) is 5.11 Å². The van der Waals surface area contributed by atoms with Gasteiger partial charge < -0.3 is 5.11 Å². The highest BCUT2D eigenvalue weighted by molar-refractivity contribution is 7.89. The molecular weight excluding hydrogens is 274 g/mol. The van der Waals surface area contributed by atoms with Gasteiger partial charge in [-0.25, -0.2) is 13.1 Å². The Hall–Kier alpha value is -1.43. The number of fused-ring (bicyclic) bond motifs is 1. The molecule has 0 aliphatic rings. The van der Waals surface area contributed by atoms with Gasteiger partial charge in [-0.3, -0.25) is 0 Å². The van der Waals surface area contributed by atoms with Crippen LogP contribution in [0.25, 0.3) is 10.8 Å². The Labute approximate surface area is 119 Å². The van der Waals surface area contributed by atoms with Gasteiger partial charge in [0.15, 0.2) is 0 Å². The molecule has 2 aromatic carbocycles. The molecule has 2 atom stereocenters. The van der Waals surface area contributed by atoms with Gasteiger partial charge in [-0.1, -0.05) is 37.3 Å². The number of benzene rings is 2. The summed E-state index contributed by atoms with van der Waals surface area (Å²) in [6, 6.07) is 12.3. The third-order valence-corrected chi connectivity index (χ3v) is 5.07. The quantitative estimate of drug-likeness (QED) is 0.887. The van der Waals surface area contributed by atoms with Crippen LogP contribution < -0.4 is 4.72 Å². The molecule has 4 nitrogen and oxygen atoms in total. The van der Waals surface area contributed by atoms with Crippen molar-refractivity contribution in [3.8, 4) is 0 Å². The van der Waals surface area contributed by atoms with Crippen molar-refractivity contribution in [1.29, 1.82) is 0 Å². The van der Waals surface area contributed by atoms with E-state index in [-0.39, 0.29) is 23.5 Å². The van der Waals surface area contributed by atoms with Gasteiger partial charge in [-0.2, -0.15) is 0 Å². The summed E-state index contributed by atoms with van der Waals surface area (Å²) in [5, 5.41) is 11.0. The summed E-state index contributed by atoms with van der Waals surface area (Å²) in [5.74, 6) is -0.134. The minimum atomic E-state index is -3.57. The van der Waals surface area contributed by atoms with E-state index >= 15 is 0 Å². The second-order valence-electron chi connectivity index (χ2n) is 5.08. The molecule has 0 aliphatic heterocycles. The monoisotopic (exact) mass is 293 g/mol. The molecule has 2 rings (SSSR count). The molecule has 0 aliphatic carbocycles. The Kier molecular flexibility index (Phi) is 4.42. The molecule has 0 saturated carbocycles. The van der Waals surface area contributed by atoms with Crippen LogP contribution in [-0.2, 0) is 10.0 Å². The van der Waals surface area contributed by atoms with Crippen molar-refractivity contribution in [3.63, 3.8) is 0 Å². The summed E-state index contributed by atoms with van der Waals surface area (Å²) in [5.41, 5.74) is 0. The lowest BCUT2D eigenvalue weighted by molar-refractivity contribution is 0.216. The summed E-state index contributed by atoms with van der Waals surface area (Å²) in [4.78, 5) is 0.244. The zero-order chi connectivity index (χ0) is 14.8. The van der Waals surface area contributed by atoms with Crippen LogP contribution in [-0.4, -0.2) is 26.2 Å². The molecule has 5 heteroatoms. The SMILES string of the molecule is CC(CO)C(C)NS(=O)(=O)c1ccc2ccccc2c1. The minimum Gasteiger partial charge on any atom is -0.396 e. The van der Waals surface area contributed by atoms with Gasteiger partial charge in [0.25, 0.3) is 0 Å². The average Bonchev–Trinajstić information content (AvgIpc) is 2.45. The van der Waals surface area contributed by atoms with E-state index in [1.54, 1.807) is 32.0 Å². The van der Waals surface area contributed by atoms with E-state index in [1.807, 2.05) is 24.3 Å². The molecule has 2 aromatic rings. The van der Waals surface area contributed by atoms with Gasteiger partial charge in [0, 0.05) is 12.6 Å². The van der Waals surface area contributed by atoms with E-state index in [0.717, 1.165) is 10.8 Å². The van der Waals surface area contributed by atoms with Crippen LogP contribution in [0.5, 0.6) is 0 Å². The first kappa shape index (κ1) is 15.0. The Morgan fingerprint density at radius 3 is 2.40 bits per heavy atom. The van der Waals surface area contributed by atoms with Crippen LogP contribution in [0.4, 0.5) is 0 Å². The number of hydrogen-bond acceptors (Lipinski definition) is 3. The zero-order valence-electron chi connectivity index (χ0n) is 11.6. The number of hydrogen-bond donors (Lipinski definition) is 2. The largest absolute Gasteiger partial charge is 0.396 e. The Balaban J connectivity index is 2.32. The van der Waals surface area contributed by atoms with Crippen LogP contribution in [0, 0.1) is 5.92 Å². The maximum absolute atomic E-state index is 12.3. The third kappa shape index (κ3) is 3.17. The first-order chi connectivity index (χ1) is 9.44. The van der Waals surface area contributed by atoms with Crippen molar-refractivity contribution in [1.82, 2.24) is 4.72 Å². The molecule has 0 fully saturated rings. The number of sulfonamides is 1. The average molecular weight is 293 g/mol. The van der Waals surface area contributed by atoms with Gasteiger partial charge in [0.1, 0.15) is 0 Å². The molecule has 0 saturated heterocycles. The first-order valence-electron chi connectivity index (χ1n) is 6.56. The van der Waals surface area contributed by atoms with Crippen LogP contribution >= 0.6 is 0 Å². The topological polar surface area (TPSA) is 66.4 Å². The molecule has 0 bridgehead atoms. The number of nitrogens with one attached hydrogen (secondary N) is 1. The maximum Gasteiger partial charge on any atom is 0.240 e. The highest BCUT2D eigenvalue weighted by atomic mass is 32.2. The van der Waals surface area contributed by atoms with Crippen molar-refractivity contribution < 1.29 is 13.5 Å². The van der Waals surface area contributed by atoms with Crippen LogP contribution in [0.3, 0.4) is 0 Å². The highest BCUT2D eigenvalue weighted by Crippen LogP contribution is 2.19. The Bertz CT molecular complexity index is 697. The summed E-state index contributed by atoms with van der Waals surface area (Å²) in [6.07, 6.45) is 0. The summed E-state index contributed by atoms with van der Waals surface area (Å²) in [6.45, 7) is 3.49. The van der Waals surface area contributed by atoms with Gasteiger partial charge in [0.05, 0.1) is 4.90 Å². The normalized spacial score (nSPS) is 15.2. The van der Waals surface area contributed by atoms with Gasteiger partial charge in [0.2, 0.25) is 10.0 Å². The van der Waals surface area contributed by atoms with Gasteiger partial charge >= 0.3 is 0 Å². The van der Waals surface area contributed by atoms with Crippen molar-refractivity contribution in [2.75, 3.05) is 6.61 Å². The summed E-state index contributed by atoms with van der Waals surface area (Å²) >= 11 is 0. The number of rotatable bonds is 5. The van der Waals surface area contributed by atoms with Crippen LogP contribution in [0.2, 0.25) is 0 Å². The van der Waals surface area contributed by atoms with E-state index < -0.39 is 10.0 Å². The van der Waals surface area contributed by atoms with Gasteiger partial charge in [-0.15, -0.1) is 0 Å². The first-order valence-corrected chi connectivity index (χ1v) is 8.04. The predicted molar refractivity (Wildman–Crippen MR) is 80.0 cm³/mol. The molecule has 0 aromatic heterocycles. The van der Waals surface area contributed by atoms with Crippen molar-refractivity contribution in [2.24, 2.45) is 5.92 Å². The van der Waals surface area contributed by atoms with Crippen molar-refractivity contribution in [2.45, 2.75) is 24.8 Å². The molecule has 0 spiro atoms. The lowest BCUT2D eigenvalue weighted by Gasteiger charge is -2.19. The second kappa shape index (κ2) is 5.91. The number of aliphatic hydroxyl groups excluding tert-OH is 1. The Morgan fingerprint density at radius 2 is 1.75 bits per heavy atom. The summed E-state index contributed by atoms with van der Waals surface area (Å²) < 4.78 is 27.2. The fourth-order valence-corrected chi connectivity index (χ4v) is 3.31. The lowest BCUT2D eigenvalue weighted by Crippen LogP contribution is -2.38. The number of aliphatic hydroxyl groups is 1. The van der Waals surface area contributed by atoms with Crippen molar-refractivity contribution in [3.05, 3.63) is 42.5 Å². The highest BCUT2D eigenvalue weighted by Gasteiger charge is 2.20. The zero-order valence-corrected chi connectivity index (χ0v) is 12.4. The second-order valence-corrected chi connectivity index (χ2v) is 6.79. The maximum atomic E-state index is 12.3. The fourth-order valence-electron chi connectivity index (χ4n) is 1.92. The molecule has 108 valence electrons. The molecule has 2 unspecified atom stereocenters. The molecular formula is C15H19NO3S. The van der Waals surface area contributed by atoms with E-state index in [0.29, 0.717) is 0 Å². The lowest BCUT2D eigenvalue weighted by atomic mass is 10.1. The molecule has 0 radical (unpaired) electrons. The molecule has 0 heterocycles. The van der Waals surface area contributed by atoms with Crippen LogP contribution in [0.15, 0.2) is 47.4 Å². The minimum absolute atomic E-state index is 0.0542. The van der Waals surface area contributed by atoms with Crippen molar-refractivity contribution >= 4 is 20.8 Å². The summed E-state index contributed by atoms with van der Waals surface area (Å²) in [7, 11) is -3.57. The molecule has 2 N–H and O–H groups in total. The van der Waals surface area contributed by atoms with Gasteiger partial charge in [-0.05, 0) is 35.7 Å². The smallest absolute Gasteiger partial charge is 0.240 e.